The highest BCUT2D eigenvalue weighted by Crippen LogP contribution is 2.38. The average molecular weight is 331 g/mol. The van der Waals surface area contributed by atoms with Gasteiger partial charge in [-0.1, -0.05) is 0 Å². The van der Waals surface area contributed by atoms with E-state index in [4.69, 9.17) is 16.7 Å². The molecule has 0 atom stereocenters. The van der Waals surface area contributed by atoms with Gasteiger partial charge < -0.3 is 16.2 Å². The zero-order valence-electron chi connectivity index (χ0n) is 10.9. The molecule has 0 fully saturated rings. The molecular weight excluding hydrogens is 325 g/mol. The maximum absolute atomic E-state index is 14.0. The van der Waals surface area contributed by atoms with Crippen LogP contribution in [0.25, 0.3) is 11.3 Å². The predicted octanol–water partition coefficient (Wildman–Crippen LogP) is 2.36. The Balaban J connectivity index is 2.83. The number of aromatic nitrogens is 2. The number of nitrogens with zero attached hydrogens (tertiary/aromatic N) is 3. The molecule has 0 bridgehead atoms. The summed E-state index contributed by atoms with van der Waals surface area (Å²) in [4.78, 5) is 6.91. The zero-order valence-corrected chi connectivity index (χ0v) is 10.9. The Morgan fingerprint density at radius 2 is 1.78 bits per heavy atom. The van der Waals surface area contributed by atoms with Gasteiger partial charge in [-0.05, 0) is 12.1 Å². The van der Waals surface area contributed by atoms with Crippen LogP contribution < -0.4 is 16.2 Å². The average Bonchev–Trinajstić information content (AvgIpc) is 2.41. The minimum atomic E-state index is -5.18. The van der Waals surface area contributed by atoms with E-state index in [1.54, 1.807) is 0 Å². The zero-order chi connectivity index (χ0) is 17.4. The topological polar surface area (TPSA) is 111 Å². The molecule has 0 radical (unpaired) electrons. The van der Waals surface area contributed by atoms with Crippen LogP contribution in [-0.4, -0.2) is 16.3 Å². The van der Waals surface area contributed by atoms with Crippen molar-refractivity contribution in [3.63, 3.8) is 0 Å². The third kappa shape index (κ3) is 3.20. The summed E-state index contributed by atoms with van der Waals surface area (Å²) in [7, 11) is 0. The second kappa shape index (κ2) is 5.56. The molecule has 0 saturated heterocycles. The van der Waals surface area contributed by atoms with Crippen molar-refractivity contribution in [1.29, 1.82) is 5.26 Å². The number of nitrogen functional groups attached to an aromatic ring is 2. The number of rotatable bonds is 2. The summed E-state index contributed by atoms with van der Waals surface area (Å²) >= 11 is 0. The Labute approximate surface area is 125 Å². The van der Waals surface area contributed by atoms with Gasteiger partial charge in [0.2, 0.25) is 5.95 Å². The molecule has 0 saturated carbocycles. The molecular formula is C12H6F5N5O. The van der Waals surface area contributed by atoms with E-state index in [9.17, 15) is 22.0 Å². The molecule has 0 aliphatic heterocycles. The van der Waals surface area contributed by atoms with Gasteiger partial charge in [0, 0.05) is 0 Å². The summed E-state index contributed by atoms with van der Waals surface area (Å²) in [5.41, 5.74) is 8.37. The van der Waals surface area contributed by atoms with Gasteiger partial charge in [0.1, 0.15) is 28.9 Å². The van der Waals surface area contributed by atoms with Crippen LogP contribution in [0, 0.1) is 23.0 Å². The van der Waals surface area contributed by atoms with Crippen LogP contribution in [-0.2, 0) is 0 Å². The molecule has 11 heteroatoms. The summed E-state index contributed by atoms with van der Waals surface area (Å²) in [6.07, 6.45) is -5.18. The van der Waals surface area contributed by atoms with E-state index in [0.717, 1.165) is 0 Å². The van der Waals surface area contributed by atoms with E-state index >= 15 is 0 Å². The molecule has 0 unspecified atom stereocenters. The normalized spacial score (nSPS) is 11.1. The maximum atomic E-state index is 14.0. The maximum Gasteiger partial charge on any atom is 0.573 e. The van der Waals surface area contributed by atoms with Gasteiger partial charge in [-0.15, -0.1) is 13.2 Å². The van der Waals surface area contributed by atoms with Crippen LogP contribution in [0.5, 0.6) is 5.75 Å². The molecule has 23 heavy (non-hydrogen) atoms. The van der Waals surface area contributed by atoms with Gasteiger partial charge >= 0.3 is 6.36 Å². The molecule has 2 aromatic rings. The largest absolute Gasteiger partial charge is 0.573 e. The van der Waals surface area contributed by atoms with Crippen LogP contribution in [0.1, 0.15) is 5.56 Å². The van der Waals surface area contributed by atoms with Gasteiger partial charge in [0.25, 0.3) is 0 Å². The molecule has 1 aromatic heterocycles. The van der Waals surface area contributed by atoms with Crippen LogP contribution in [0.15, 0.2) is 12.1 Å². The first-order valence-electron chi connectivity index (χ1n) is 5.71. The minimum absolute atomic E-state index is 0.430. The number of benzene rings is 1. The summed E-state index contributed by atoms with van der Waals surface area (Å²) < 4.78 is 68.4. The summed E-state index contributed by atoms with van der Waals surface area (Å²) in [5.74, 6) is -5.34. The fourth-order valence-corrected chi connectivity index (χ4v) is 1.75. The third-order valence-corrected chi connectivity index (χ3v) is 2.59. The van der Waals surface area contributed by atoms with E-state index in [1.807, 2.05) is 0 Å². The number of nitriles is 1. The number of ether oxygens (including phenoxy) is 1. The highest BCUT2D eigenvalue weighted by atomic mass is 19.4. The van der Waals surface area contributed by atoms with Crippen molar-refractivity contribution in [1.82, 2.24) is 9.97 Å². The summed E-state index contributed by atoms with van der Waals surface area (Å²) in [6, 6.07) is 2.46. The number of hydrogen-bond acceptors (Lipinski definition) is 6. The Kier molecular flexibility index (Phi) is 3.92. The molecule has 1 aromatic carbocycles. The van der Waals surface area contributed by atoms with Gasteiger partial charge in [0.15, 0.2) is 11.6 Å². The highest BCUT2D eigenvalue weighted by Gasteiger charge is 2.34. The van der Waals surface area contributed by atoms with Crippen molar-refractivity contribution in [2.45, 2.75) is 6.36 Å². The first-order chi connectivity index (χ1) is 10.6. The molecule has 0 aliphatic rings. The van der Waals surface area contributed by atoms with Crippen LogP contribution in [0.4, 0.5) is 33.7 Å². The SMILES string of the molecule is N#Cc1c(N)nc(N)nc1-c1c(OC(F)(F)F)ccc(F)c1F. The van der Waals surface area contributed by atoms with E-state index in [1.165, 1.54) is 6.07 Å². The van der Waals surface area contributed by atoms with Gasteiger partial charge in [0.05, 0.1) is 5.56 Å². The fraction of sp³-hybridized carbons (Fsp3) is 0.0833. The first-order valence-corrected chi connectivity index (χ1v) is 5.71. The van der Waals surface area contributed by atoms with Crippen LogP contribution >= 0.6 is 0 Å². The van der Waals surface area contributed by atoms with Crippen molar-refractivity contribution in [3.05, 3.63) is 29.3 Å². The lowest BCUT2D eigenvalue weighted by atomic mass is 10.0. The Bertz CT molecular complexity index is 815. The Hall–Kier alpha value is -3.16. The number of alkyl halides is 3. The molecule has 2 rings (SSSR count). The Morgan fingerprint density at radius 3 is 2.35 bits per heavy atom. The smallest absolute Gasteiger partial charge is 0.405 e. The lowest BCUT2D eigenvalue weighted by Crippen LogP contribution is -2.18. The van der Waals surface area contributed by atoms with E-state index in [0.29, 0.717) is 12.1 Å². The lowest BCUT2D eigenvalue weighted by molar-refractivity contribution is -0.274. The molecule has 6 nitrogen and oxygen atoms in total. The lowest BCUT2D eigenvalue weighted by Gasteiger charge is -2.15. The fourth-order valence-electron chi connectivity index (χ4n) is 1.75. The van der Waals surface area contributed by atoms with Crippen molar-refractivity contribution >= 4 is 11.8 Å². The third-order valence-electron chi connectivity index (χ3n) is 2.59. The standard InChI is InChI=1S/C12H6F5N5O/c13-5-1-2-6(23-12(15,16)17)7(8(5)14)9-4(3-18)10(19)22-11(20)21-9/h1-2H,(H4,19,20,21,22). The second-order valence-corrected chi connectivity index (χ2v) is 4.08. The van der Waals surface area contributed by atoms with Gasteiger partial charge in [-0.3, -0.25) is 0 Å². The van der Waals surface area contributed by atoms with Gasteiger partial charge in [-0.25, -0.2) is 13.8 Å². The molecule has 4 N–H and O–H groups in total. The number of anilines is 2. The Morgan fingerprint density at radius 1 is 1.13 bits per heavy atom. The number of halogens is 5. The van der Waals surface area contributed by atoms with Crippen molar-refractivity contribution < 1.29 is 26.7 Å². The number of nitrogens with two attached hydrogens (primary N) is 2. The molecule has 0 amide bonds. The van der Waals surface area contributed by atoms with Crippen molar-refractivity contribution in [3.8, 4) is 23.1 Å². The molecule has 0 spiro atoms. The van der Waals surface area contributed by atoms with Crippen molar-refractivity contribution in [2.24, 2.45) is 0 Å². The predicted molar refractivity (Wildman–Crippen MR) is 67.6 cm³/mol. The summed E-state index contributed by atoms with van der Waals surface area (Å²) in [5, 5.41) is 9.01. The first kappa shape index (κ1) is 16.2. The summed E-state index contributed by atoms with van der Waals surface area (Å²) in [6.45, 7) is 0. The van der Waals surface area contributed by atoms with Crippen molar-refractivity contribution in [2.75, 3.05) is 11.5 Å². The van der Waals surface area contributed by atoms with Crippen LogP contribution in [0.2, 0.25) is 0 Å². The van der Waals surface area contributed by atoms with Crippen LogP contribution in [0.3, 0.4) is 0 Å². The minimum Gasteiger partial charge on any atom is -0.405 e. The second-order valence-electron chi connectivity index (χ2n) is 4.08. The highest BCUT2D eigenvalue weighted by molar-refractivity contribution is 5.77. The molecule has 0 aliphatic carbocycles. The number of hydrogen-bond donors (Lipinski definition) is 2. The quantitative estimate of drug-likeness (QED) is 0.817. The van der Waals surface area contributed by atoms with E-state index in [-0.39, 0.29) is 0 Å². The monoisotopic (exact) mass is 331 g/mol. The van der Waals surface area contributed by atoms with E-state index in [2.05, 4.69) is 14.7 Å². The van der Waals surface area contributed by atoms with E-state index < -0.39 is 52.3 Å². The molecule has 120 valence electrons. The molecule has 1 heterocycles. The van der Waals surface area contributed by atoms with Gasteiger partial charge in [-0.2, -0.15) is 10.2 Å².